The van der Waals surface area contributed by atoms with Crippen LogP contribution in [0, 0.1) is 0 Å². The van der Waals surface area contributed by atoms with Crippen LogP contribution in [0.25, 0.3) is 11.1 Å². The van der Waals surface area contributed by atoms with Crippen LogP contribution < -0.4 is 0 Å². The topological polar surface area (TPSA) is 83.8 Å². The fourth-order valence-electron chi connectivity index (χ4n) is 1.66. The Balaban J connectivity index is 2.27. The summed E-state index contributed by atoms with van der Waals surface area (Å²) in [6.45, 7) is 0. The van der Waals surface area contributed by atoms with Crippen LogP contribution in [-0.4, -0.2) is 22.3 Å². The highest BCUT2D eigenvalue weighted by molar-refractivity contribution is 5.90. The van der Waals surface area contributed by atoms with Gasteiger partial charge in [0.05, 0.1) is 11.1 Å². The number of carbonyl (C=O) groups is 2. The van der Waals surface area contributed by atoms with Crippen molar-refractivity contribution >= 4 is 11.9 Å². The van der Waals surface area contributed by atoms with E-state index in [4.69, 9.17) is 10.4 Å². The molecule has 0 fully saturated rings. The molecule has 0 saturated carbocycles. The minimum atomic E-state index is -0.979. The number of carboxylic acids is 1. The molecular weight excluding hydrogens is 248 g/mol. The second-order valence-corrected chi connectivity index (χ2v) is 3.84. The largest absolute Gasteiger partial charge is 0.478 e. The van der Waals surface area contributed by atoms with Crippen molar-refractivity contribution in [2.24, 2.45) is 0 Å². The average molecular weight is 258 g/mol. The van der Waals surface area contributed by atoms with Crippen LogP contribution >= 0.6 is 0 Å². The van der Waals surface area contributed by atoms with Gasteiger partial charge in [0.1, 0.15) is 0 Å². The molecule has 0 spiro atoms. The summed E-state index contributed by atoms with van der Waals surface area (Å²) >= 11 is 0. The van der Waals surface area contributed by atoms with E-state index in [1.54, 1.807) is 24.3 Å². The molecule has 0 heterocycles. The molecule has 2 aromatic rings. The van der Waals surface area contributed by atoms with Gasteiger partial charge in [-0.25, -0.2) is 9.59 Å². The van der Waals surface area contributed by atoms with Crippen molar-refractivity contribution in [3.8, 4) is 11.1 Å². The number of benzene rings is 2. The Morgan fingerprint density at radius 2 is 1.21 bits per heavy atom. The molecule has 5 heteroatoms. The molecule has 0 amide bonds. The second-order valence-electron chi connectivity index (χ2n) is 3.84. The highest BCUT2D eigenvalue weighted by Crippen LogP contribution is 2.20. The first-order valence-electron chi connectivity index (χ1n) is 5.41. The van der Waals surface area contributed by atoms with E-state index in [1.165, 1.54) is 24.3 Å². The Kier molecular flexibility index (Phi) is 3.58. The summed E-state index contributed by atoms with van der Waals surface area (Å²) in [5.41, 5.74) is 2.10. The highest BCUT2D eigenvalue weighted by atomic mass is 17.1. The number of hydrogen-bond acceptors (Lipinski definition) is 4. The van der Waals surface area contributed by atoms with Gasteiger partial charge in [-0.1, -0.05) is 24.3 Å². The van der Waals surface area contributed by atoms with E-state index in [1.807, 2.05) is 0 Å². The van der Waals surface area contributed by atoms with Crippen LogP contribution in [-0.2, 0) is 4.89 Å². The molecule has 0 aromatic heterocycles. The Morgan fingerprint density at radius 1 is 0.789 bits per heavy atom. The summed E-state index contributed by atoms with van der Waals surface area (Å²) in [7, 11) is 0. The molecule has 0 bridgehead atoms. The van der Waals surface area contributed by atoms with Crippen LogP contribution in [0.15, 0.2) is 48.5 Å². The smallest absolute Gasteiger partial charge is 0.372 e. The summed E-state index contributed by atoms with van der Waals surface area (Å²) in [5.74, 6) is -1.81. The molecule has 2 aromatic carbocycles. The van der Waals surface area contributed by atoms with Gasteiger partial charge in [-0.3, -0.25) is 4.89 Å². The first-order valence-corrected chi connectivity index (χ1v) is 5.41. The quantitative estimate of drug-likeness (QED) is 0.653. The summed E-state index contributed by atoms with van der Waals surface area (Å²) < 4.78 is 0. The molecule has 2 rings (SSSR count). The minimum absolute atomic E-state index is 0.212. The van der Waals surface area contributed by atoms with E-state index in [0.717, 1.165) is 11.1 Å². The molecule has 5 nitrogen and oxygen atoms in total. The van der Waals surface area contributed by atoms with Gasteiger partial charge in [-0.15, -0.1) is 0 Å². The van der Waals surface area contributed by atoms with Crippen LogP contribution in [0.5, 0.6) is 0 Å². The molecule has 96 valence electrons. The summed E-state index contributed by atoms with van der Waals surface area (Å²) in [4.78, 5) is 25.4. The van der Waals surface area contributed by atoms with Crippen LogP contribution in [0.2, 0.25) is 0 Å². The van der Waals surface area contributed by atoms with E-state index in [-0.39, 0.29) is 11.1 Å². The summed E-state index contributed by atoms with van der Waals surface area (Å²) in [6, 6.07) is 12.8. The van der Waals surface area contributed by atoms with Gasteiger partial charge in [0.2, 0.25) is 0 Å². The zero-order valence-corrected chi connectivity index (χ0v) is 9.74. The van der Waals surface area contributed by atoms with E-state index in [0.29, 0.717) is 0 Å². The highest BCUT2D eigenvalue weighted by Gasteiger charge is 2.07. The van der Waals surface area contributed by atoms with Gasteiger partial charge < -0.3 is 5.11 Å². The lowest BCUT2D eigenvalue weighted by Crippen LogP contribution is -2.00. The molecule has 0 saturated heterocycles. The minimum Gasteiger partial charge on any atom is -0.478 e. The maximum atomic E-state index is 11.0. The number of carboxylic acid groups (broad SMARTS) is 1. The van der Waals surface area contributed by atoms with Gasteiger partial charge in [0.15, 0.2) is 0 Å². The van der Waals surface area contributed by atoms with Gasteiger partial charge in [0, 0.05) is 0 Å². The first-order chi connectivity index (χ1) is 9.11. The summed E-state index contributed by atoms with van der Waals surface area (Å²) in [5, 5.41) is 17.0. The third-order valence-electron chi connectivity index (χ3n) is 2.67. The van der Waals surface area contributed by atoms with Crippen molar-refractivity contribution in [3.05, 3.63) is 59.7 Å². The molecule has 0 unspecified atom stereocenters. The Morgan fingerprint density at radius 3 is 1.58 bits per heavy atom. The molecule has 0 aliphatic rings. The van der Waals surface area contributed by atoms with Gasteiger partial charge in [-0.05, 0) is 35.4 Å². The van der Waals surface area contributed by atoms with Crippen molar-refractivity contribution in [1.82, 2.24) is 0 Å². The van der Waals surface area contributed by atoms with Crippen LogP contribution in [0.1, 0.15) is 20.7 Å². The molecular formula is C14H10O5. The monoisotopic (exact) mass is 258 g/mol. The van der Waals surface area contributed by atoms with Crippen molar-refractivity contribution in [3.63, 3.8) is 0 Å². The lowest BCUT2D eigenvalue weighted by molar-refractivity contribution is -0.182. The molecule has 2 N–H and O–H groups in total. The van der Waals surface area contributed by atoms with Gasteiger partial charge >= 0.3 is 11.9 Å². The SMILES string of the molecule is O=C(O)c1ccc(-c2ccc(C(=O)OO)cc2)cc1. The zero-order valence-electron chi connectivity index (χ0n) is 9.74. The van der Waals surface area contributed by atoms with E-state index < -0.39 is 11.9 Å². The molecule has 19 heavy (non-hydrogen) atoms. The fraction of sp³-hybridized carbons (Fsp3) is 0. The third-order valence-corrected chi connectivity index (χ3v) is 2.67. The number of carbonyl (C=O) groups excluding carboxylic acids is 1. The Hall–Kier alpha value is -2.66. The maximum absolute atomic E-state index is 11.0. The third kappa shape index (κ3) is 2.78. The average Bonchev–Trinajstić information content (AvgIpc) is 2.46. The Labute approximate surface area is 108 Å². The van der Waals surface area contributed by atoms with E-state index >= 15 is 0 Å². The first kappa shape index (κ1) is 12.8. The predicted molar refractivity (Wildman–Crippen MR) is 66.9 cm³/mol. The number of hydrogen-bond donors (Lipinski definition) is 2. The number of aromatic carboxylic acids is 1. The molecule has 0 aliphatic carbocycles. The lowest BCUT2D eigenvalue weighted by atomic mass is 10.0. The standard InChI is InChI=1S/C14H10O5/c15-13(16)11-5-1-9(2-6-11)10-3-7-12(8-4-10)14(17)19-18/h1-8,18H,(H,15,16). The second kappa shape index (κ2) is 5.32. The maximum Gasteiger partial charge on any atom is 0.372 e. The number of rotatable bonds is 3. The van der Waals surface area contributed by atoms with E-state index in [9.17, 15) is 9.59 Å². The predicted octanol–water partition coefficient (Wildman–Crippen LogP) is 2.68. The van der Waals surface area contributed by atoms with Crippen LogP contribution in [0.4, 0.5) is 0 Å². The zero-order chi connectivity index (χ0) is 13.8. The molecule has 0 radical (unpaired) electrons. The van der Waals surface area contributed by atoms with Gasteiger partial charge in [-0.2, -0.15) is 5.26 Å². The van der Waals surface area contributed by atoms with Crippen molar-refractivity contribution in [2.45, 2.75) is 0 Å². The molecule has 0 atom stereocenters. The Bertz CT molecular complexity index is 599. The van der Waals surface area contributed by atoms with Crippen molar-refractivity contribution in [1.29, 1.82) is 0 Å². The van der Waals surface area contributed by atoms with Crippen LogP contribution in [0.3, 0.4) is 0 Å². The normalized spacial score (nSPS) is 9.95. The van der Waals surface area contributed by atoms with Crippen molar-refractivity contribution in [2.75, 3.05) is 0 Å². The van der Waals surface area contributed by atoms with E-state index in [2.05, 4.69) is 4.89 Å². The van der Waals surface area contributed by atoms with Crippen molar-refractivity contribution < 1.29 is 24.8 Å². The molecule has 0 aliphatic heterocycles. The summed E-state index contributed by atoms with van der Waals surface area (Å²) in [6.07, 6.45) is 0. The lowest BCUT2D eigenvalue weighted by Gasteiger charge is -2.03. The fourth-order valence-corrected chi connectivity index (χ4v) is 1.66. The van der Waals surface area contributed by atoms with Gasteiger partial charge in [0.25, 0.3) is 0 Å².